The first kappa shape index (κ1) is 17.7. The summed E-state index contributed by atoms with van der Waals surface area (Å²) in [5, 5.41) is 10.5. The second-order valence-corrected chi connectivity index (χ2v) is 7.38. The van der Waals surface area contributed by atoms with E-state index in [0.717, 1.165) is 31.3 Å². The fourth-order valence-corrected chi connectivity index (χ4v) is 3.84. The summed E-state index contributed by atoms with van der Waals surface area (Å²) in [6, 6.07) is 0. The molecule has 3 heteroatoms. The predicted octanol–water partition coefficient (Wildman–Crippen LogP) is 4.70. The van der Waals surface area contributed by atoms with Crippen molar-refractivity contribution in [2.75, 3.05) is 0 Å². The summed E-state index contributed by atoms with van der Waals surface area (Å²) in [6.07, 6.45) is 6.13. The lowest BCUT2D eigenvalue weighted by molar-refractivity contribution is -0.133. The molecule has 0 saturated carbocycles. The Labute approximate surface area is 139 Å². The number of carbonyl (C=O) groups excluding carboxylic acids is 2. The van der Waals surface area contributed by atoms with Crippen molar-refractivity contribution in [3.63, 3.8) is 0 Å². The highest BCUT2D eigenvalue weighted by atomic mass is 16.3. The maximum Gasteiger partial charge on any atom is 0.232 e. The molecule has 0 aliphatic heterocycles. The lowest BCUT2D eigenvalue weighted by Crippen LogP contribution is -2.35. The van der Waals surface area contributed by atoms with E-state index in [-0.39, 0.29) is 23.2 Å². The molecular formula is C20H28O3. The van der Waals surface area contributed by atoms with Gasteiger partial charge in [-0.05, 0) is 64.2 Å². The molecule has 0 amide bonds. The van der Waals surface area contributed by atoms with Crippen molar-refractivity contribution in [3.05, 3.63) is 34.1 Å². The number of Topliss-reactive ketones (excluding diaryl/α,β-unsaturated/α-hetero) is 2. The summed E-state index contributed by atoms with van der Waals surface area (Å²) in [5.74, 6) is -0.277. The van der Waals surface area contributed by atoms with Crippen molar-refractivity contribution in [3.8, 4) is 0 Å². The predicted molar refractivity (Wildman–Crippen MR) is 92.1 cm³/mol. The number of allylic oxidation sites excluding steroid dienone is 5. The van der Waals surface area contributed by atoms with E-state index < -0.39 is 11.6 Å². The Hall–Kier alpha value is -1.64. The molecule has 0 unspecified atom stereocenters. The highest BCUT2D eigenvalue weighted by Gasteiger charge is 2.41. The van der Waals surface area contributed by atoms with E-state index in [2.05, 4.69) is 26.8 Å². The second kappa shape index (κ2) is 6.86. The van der Waals surface area contributed by atoms with Crippen molar-refractivity contribution in [1.29, 1.82) is 0 Å². The van der Waals surface area contributed by atoms with E-state index in [4.69, 9.17) is 0 Å². The number of hydrogen-bond donors (Lipinski definition) is 1. The van der Waals surface area contributed by atoms with E-state index in [1.165, 1.54) is 5.57 Å². The quantitative estimate of drug-likeness (QED) is 0.465. The van der Waals surface area contributed by atoms with Gasteiger partial charge in [0, 0.05) is 16.7 Å². The van der Waals surface area contributed by atoms with Gasteiger partial charge in [-0.3, -0.25) is 9.59 Å². The number of ketones is 2. The fourth-order valence-electron chi connectivity index (χ4n) is 3.84. The van der Waals surface area contributed by atoms with E-state index in [0.29, 0.717) is 11.5 Å². The van der Waals surface area contributed by atoms with Crippen molar-refractivity contribution in [1.82, 2.24) is 0 Å². The van der Waals surface area contributed by atoms with Crippen LogP contribution in [0.2, 0.25) is 0 Å². The second-order valence-electron chi connectivity index (χ2n) is 7.38. The van der Waals surface area contributed by atoms with Crippen LogP contribution in [0.3, 0.4) is 0 Å². The molecule has 126 valence electrons. The average Bonchev–Trinajstić information content (AvgIpc) is 2.49. The number of hydrogen-bond acceptors (Lipinski definition) is 3. The summed E-state index contributed by atoms with van der Waals surface area (Å²) in [7, 11) is 0. The summed E-state index contributed by atoms with van der Waals surface area (Å²) in [5.41, 5.74) is 2.86. The molecule has 23 heavy (non-hydrogen) atoms. The minimum Gasteiger partial charge on any atom is -0.507 e. The Morgan fingerprint density at radius 2 is 1.87 bits per heavy atom. The monoisotopic (exact) mass is 316 g/mol. The molecule has 0 spiro atoms. The van der Waals surface area contributed by atoms with Gasteiger partial charge in [-0.1, -0.05) is 25.5 Å². The molecule has 0 radical (unpaired) electrons. The highest BCUT2D eigenvalue weighted by molar-refractivity contribution is 6.50. The summed E-state index contributed by atoms with van der Waals surface area (Å²) >= 11 is 0. The Balaban J connectivity index is 2.35. The van der Waals surface area contributed by atoms with Crippen LogP contribution < -0.4 is 0 Å². The van der Waals surface area contributed by atoms with Crippen LogP contribution >= 0.6 is 0 Å². The van der Waals surface area contributed by atoms with Crippen LogP contribution in [0.15, 0.2) is 34.1 Å². The van der Waals surface area contributed by atoms with Gasteiger partial charge in [-0.2, -0.15) is 0 Å². The Morgan fingerprint density at radius 1 is 1.22 bits per heavy atom. The first-order valence-electron chi connectivity index (χ1n) is 8.62. The lowest BCUT2D eigenvalue weighted by atomic mass is 9.67. The molecular weight excluding hydrogens is 288 g/mol. The molecule has 0 heterocycles. The van der Waals surface area contributed by atoms with Crippen LogP contribution in [0.1, 0.15) is 60.3 Å². The van der Waals surface area contributed by atoms with Crippen LogP contribution in [0, 0.1) is 17.8 Å². The van der Waals surface area contributed by atoms with Crippen molar-refractivity contribution >= 4 is 11.6 Å². The van der Waals surface area contributed by atoms with E-state index >= 15 is 0 Å². The molecule has 0 saturated heterocycles. The van der Waals surface area contributed by atoms with Crippen molar-refractivity contribution < 1.29 is 14.7 Å². The zero-order chi connectivity index (χ0) is 17.3. The zero-order valence-corrected chi connectivity index (χ0v) is 14.9. The summed E-state index contributed by atoms with van der Waals surface area (Å²) < 4.78 is 0. The summed E-state index contributed by atoms with van der Waals surface area (Å²) in [4.78, 5) is 24.5. The molecule has 0 bridgehead atoms. The highest BCUT2D eigenvalue weighted by Crippen LogP contribution is 2.45. The molecule has 0 aromatic carbocycles. The molecule has 2 aliphatic rings. The topological polar surface area (TPSA) is 54.4 Å². The van der Waals surface area contributed by atoms with Gasteiger partial charge in [0.2, 0.25) is 11.6 Å². The molecule has 0 fully saturated rings. The third-order valence-electron chi connectivity index (χ3n) is 5.33. The Morgan fingerprint density at radius 3 is 2.48 bits per heavy atom. The van der Waals surface area contributed by atoms with Gasteiger partial charge in [0.15, 0.2) is 0 Å². The van der Waals surface area contributed by atoms with E-state index in [1.807, 2.05) is 6.92 Å². The minimum atomic E-state index is -0.536. The van der Waals surface area contributed by atoms with E-state index in [9.17, 15) is 14.7 Å². The molecule has 2 aliphatic carbocycles. The van der Waals surface area contributed by atoms with Gasteiger partial charge in [-0.15, -0.1) is 0 Å². The van der Waals surface area contributed by atoms with Gasteiger partial charge in [-0.25, -0.2) is 0 Å². The van der Waals surface area contributed by atoms with Gasteiger partial charge in [0.1, 0.15) is 5.76 Å². The van der Waals surface area contributed by atoms with Crippen LogP contribution in [-0.4, -0.2) is 16.7 Å². The van der Waals surface area contributed by atoms with Crippen LogP contribution in [-0.2, 0) is 9.59 Å². The van der Waals surface area contributed by atoms with Crippen LogP contribution in [0.5, 0.6) is 0 Å². The normalized spacial score (nSPS) is 26.3. The Bertz CT molecular complexity index is 615. The standard InChI is InChI=1S/C20H28O3/c1-11(2)7-6-8-12(3)15-10-9-13(4)16-17(15)18(21)14(5)19(22)20(16)23/h7,12-13,15,21H,6,8-10H2,1-5H3/t12-,13-,15+/m1/s1. The molecule has 0 aromatic rings. The molecule has 3 nitrogen and oxygen atoms in total. The van der Waals surface area contributed by atoms with Gasteiger partial charge < -0.3 is 5.11 Å². The first-order chi connectivity index (χ1) is 10.8. The number of carbonyl (C=O) groups is 2. The fraction of sp³-hybridized carbons (Fsp3) is 0.600. The summed E-state index contributed by atoms with van der Waals surface area (Å²) in [6.45, 7) is 9.92. The largest absolute Gasteiger partial charge is 0.507 e. The molecule has 0 aromatic heterocycles. The van der Waals surface area contributed by atoms with Gasteiger partial charge >= 0.3 is 0 Å². The SMILES string of the molecule is CC(C)=CCC[C@@H](C)[C@@H]1CC[C@@H](C)C2=C1C(O)=C(C)C(=O)C2=O. The average molecular weight is 316 g/mol. The third kappa shape index (κ3) is 3.34. The maximum atomic E-state index is 12.4. The Kier molecular flexibility index (Phi) is 5.28. The third-order valence-corrected chi connectivity index (χ3v) is 5.33. The zero-order valence-electron chi connectivity index (χ0n) is 14.9. The van der Waals surface area contributed by atoms with Crippen molar-refractivity contribution in [2.45, 2.75) is 60.3 Å². The lowest BCUT2D eigenvalue weighted by Gasteiger charge is -2.37. The number of aliphatic hydroxyl groups excluding tert-OH is 1. The maximum absolute atomic E-state index is 12.4. The number of aliphatic hydroxyl groups is 1. The number of rotatable bonds is 4. The van der Waals surface area contributed by atoms with Crippen LogP contribution in [0.25, 0.3) is 0 Å². The van der Waals surface area contributed by atoms with Crippen molar-refractivity contribution in [2.24, 2.45) is 17.8 Å². The minimum absolute atomic E-state index is 0.0536. The van der Waals surface area contributed by atoms with Crippen LogP contribution in [0.4, 0.5) is 0 Å². The first-order valence-corrected chi connectivity index (χ1v) is 8.62. The molecule has 3 atom stereocenters. The van der Waals surface area contributed by atoms with Gasteiger partial charge in [0.25, 0.3) is 0 Å². The molecule has 1 N–H and O–H groups in total. The molecule has 2 rings (SSSR count). The van der Waals surface area contributed by atoms with E-state index in [1.54, 1.807) is 6.92 Å². The smallest absolute Gasteiger partial charge is 0.232 e. The van der Waals surface area contributed by atoms with Gasteiger partial charge in [0.05, 0.1) is 0 Å².